The van der Waals surface area contributed by atoms with Gasteiger partial charge in [0.2, 0.25) is 47.3 Å². The van der Waals surface area contributed by atoms with E-state index in [0.29, 0.717) is 18.5 Å². The number of carbonyl (C=O) groups excluding carboxylic acids is 8. The van der Waals surface area contributed by atoms with Crippen molar-refractivity contribution in [2.45, 2.75) is 101 Å². The number of aromatic nitrogens is 2. The number of amides is 8. The monoisotopic (exact) mass is 949 g/mol. The quantitative estimate of drug-likeness (QED) is 0.0202. The highest BCUT2D eigenvalue weighted by atomic mass is 16.4. The van der Waals surface area contributed by atoms with Gasteiger partial charge in [-0.15, -0.1) is 0 Å². The van der Waals surface area contributed by atoms with Crippen molar-refractivity contribution >= 4 is 71.1 Å². The fourth-order valence-corrected chi connectivity index (χ4v) is 6.51. The Labute approximate surface area is 384 Å². The van der Waals surface area contributed by atoms with Crippen molar-refractivity contribution in [3.63, 3.8) is 0 Å². The Morgan fingerprint density at radius 3 is 1.94 bits per heavy atom. The molecule has 1 aromatic rings. The van der Waals surface area contributed by atoms with Gasteiger partial charge in [-0.2, -0.15) is 0 Å². The molecule has 6 atom stereocenters. The minimum Gasteiger partial charge on any atom is -0.481 e. The molecule has 1 aliphatic rings. The minimum atomic E-state index is -1.74. The Bertz CT molecular complexity index is 1950. The summed E-state index contributed by atoms with van der Waals surface area (Å²) in [4.78, 5) is 144. The number of aromatic amines is 1. The van der Waals surface area contributed by atoms with Gasteiger partial charge in [0, 0.05) is 37.9 Å². The predicted molar refractivity (Wildman–Crippen MR) is 236 cm³/mol. The van der Waals surface area contributed by atoms with Crippen molar-refractivity contribution in [3.05, 3.63) is 18.2 Å². The number of hydrogen-bond donors (Lipinski definition) is 15. The fourth-order valence-electron chi connectivity index (χ4n) is 6.51. The number of guanidine groups is 2. The van der Waals surface area contributed by atoms with Crippen molar-refractivity contribution in [1.82, 2.24) is 52.1 Å². The zero-order valence-electron chi connectivity index (χ0n) is 37.2. The third-order valence-corrected chi connectivity index (χ3v) is 9.88. The molecule has 1 fully saturated rings. The lowest BCUT2D eigenvalue weighted by Crippen LogP contribution is -2.59. The van der Waals surface area contributed by atoms with Gasteiger partial charge in [-0.05, 0) is 44.4 Å². The van der Waals surface area contributed by atoms with Crippen LogP contribution in [0.2, 0.25) is 0 Å². The first kappa shape index (κ1) is 55.5. The van der Waals surface area contributed by atoms with E-state index in [2.05, 4.69) is 57.2 Å². The minimum absolute atomic E-state index is 0.0249. The van der Waals surface area contributed by atoms with Crippen LogP contribution >= 0.6 is 0 Å². The number of likely N-dealkylation sites (tertiary alicyclic amines) is 1. The van der Waals surface area contributed by atoms with E-state index in [-0.39, 0.29) is 63.7 Å². The first-order chi connectivity index (χ1) is 31.6. The molecular weight excluding hydrogens is 887 g/mol. The van der Waals surface area contributed by atoms with E-state index < -0.39 is 127 Å². The van der Waals surface area contributed by atoms with Gasteiger partial charge in [0.25, 0.3) is 0 Å². The summed E-state index contributed by atoms with van der Waals surface area (Å²) in [7, 11) is 0. The van der Waals surface area contributed by atoms with Crippen LogP contribution in [0.1, 0.15) is 64.5 Å². The second-order valence-electron chi connectivity index (χ2n) is 15.7. The molecule has 0 bridgehead atoms. The van der Waals surface area contributed by atoms with Crippen molar-refractivity contribution in [3.8, 4) is 0 Å². The molecule has 0 radical (unpaired) electrons. The van der Waals surface area contributed by atoms with Crippen LogP contribution in [-0.2, 0) is 54.4 Å². The number of rotatable bonds is 29. The number of nitrogens with two attached hydrogens (primary N) is 5. The third kappa shape index (κ3) is 20.9. The van der Waals surface area contributed by atoms with Crippen LogP contribution in [0.25, 0.3) is 0 Å². The number of carboxylic acids is 2. The van der Waals surface area contributed by atoms with Crippen molar-refractivity contribution in [1.29, 1.82) is 0 Å². The number of imidazole rings is 1. The molecule has 1 aliphatic heterocycles. The number of nitrogens with zero attached hydrogens (tertiary/aromatic N) is 4. The molecule has 67 heavy (non-hydrogen) atoms. The SMILES string of the molecule is CC(C)C(NC(=O)C(CC(=O)O)NC(=O)CNC(=O)C1CCCN1C(=O)C(Cc1cnc[nH]1)NC(=O)C(CCCN=C(N)N)NC(=O)C(N)CCCN=C(N)N)C(=O)NCC(=O)NCC(=O)O. The molecule has 6 unspecified atom stereocenters. The van der Waals surface area contributed by atoms with E-state index in [0.717, 1.165) is 0 Å². The average Bonchev–Trinajstić information content (AvgIpc) is 3.97. The zero-order chi connectivity index (χ0) is 50.2. The van der Waals surface area contributed by atoms with Gasteiger partial charge in [0.05, 0.1) is 31.9 Å². The third-order valence-electron chi connectivity index (χ3n) is 9.88. The van der Waals surface area contributed by atoms with E-state index in [4.69, 9.17) is 33.8 Å². The Hall–Kier alpha value is -7.59. The van der Waals surface area contributed by atoms with Crippen molar-refractivity contribution in [2.75, 3.05) is 39.3 Å². The zero-order valence-corrected chi connectivity index (χ0v) is 37.2. The second kappa shape index (κ2) is 28.3. The Morgan fingerprint density at radius 2 is 1.36 bits per heavy atom. The molecule has 372 valence electrons. The number of nitrogens with one attached hydrogen (secondary N) is 8. The first-order valence-corrected chi connectivity index (χ1v) is 21.2. The summed E-state index contributed by atoms with van der Waals surface area (Å²) >= 11 is 0. The predicted octanol–water partition coefficient (Wildman–Crippen LogP) is -7.12. The van der Waals surface area contributed by atoms with Crippen LogP contribution in [0.4, 0.5) is 0 Å². The van der Waals surface area contributed by atoms with Gasteiger partial charge < -0.3 is 86.0 Å². The van der Waals surface area contributed by atoms with Gasteiger partial charge >= 0.3 is 11.9 Å². The molecule has 1 aromatic heterocycles. The van der Waals surface area contributed by atoms with Crippen LogP contribution in [0.5, 0.6) is 0 Å². The highest BCUT2D eigenvalue weighted by Gasteiger charge is 2.39. The summed E-state index contributed by atoms with van der Waals surface area (Å²) in [5, 5.41) is 34.7. The average molecular weight is 950 g/mol. The van der Waals surface area contributed by atoms with E-state index >= 15 is 0 Å². The van der Waals surface area contributed by atoms with Crippen molar-refractivity contribution in [2.24, 2.45) is 44.6 Å². The lowest BCUT2D eigenvalue weighted by Gasteiger charge is -2.30. The highest BCUT2D eigenvalue weighted by Crippen LogP contribution is 2.20. The molecule has 0 aliphatic carbocycles. The van der Waals surface area contributed by atoms with Gasteiger partial charge in [-0.1, -0.05) is 13.8 Å². The van der Waals surface area contributed by atoms with Crippen LogP contribution in [-0.4, -0.2) is 172 Å². The summed E-state index contributed by atoms with van der Waals surface area (Å²) in [5.41, 5.74) is 28.1. The molecule has 0 spiro atoms. The molecule has 29 heteroatoms. The largest absolute Gasteiger partial charge is 0.481 e. The maximum Gasteiger partial charge on any atom is 0.322 e. The van der Waals surface area contributed by atoms with Crippen LogP contribution < -0.4 is 65.9 Å². The maximum atomic E-state index is 14.2. The molecule has 0 saturated carbocycles. The molecule has 1 saturated heterocycles. The first-order valence-electron chi connectivity index (χ1n) is 21.2. The van der Waals surface area contributed by atoms with E-state index in [1.54, 1.807) is 0 Å². The highest BCUT2D eigenvalue weighted by molar-refractivity contribution is 5.98. The lowest BCUT2D eigenvalue weighted by molar-refractivity contribution is -0.142. The molecular formula is C38H63N17O12. The van der Waals surface area contributed by atoms with Gasteiger partial charge in [0.15, 0.2) is 11.9 Å². The number of carbonyl (C=O) groups is 10. The topological polar surface area (TPSA) is 482 Å². The van der Waals surface area contributed by atoms with Crippen LogP contribution in [0, 0.1) is 5.92 Å². The normalized spacial score (nSPS) is 15.3. The van der Waals surface area contributed by atoms with E-state index in [1.807, 2.05) is 0 Å². The molecule has 0 aromatic carbocycles. The van der Waals surface area contributed by atoms with Crippen LogP contribution in [0.15, 0.2) is 22.5 Å². The van der Waals surface area contributed by atoms with E-state index in [9.17, 15) is 53.1 Å². The maximum absolute atomic E-state index is 14.2. The molecule has 20 N–H and O–H groups in total. The Morgan fingerprint density at radius 1 is 0.746 bits per heavy atom. The molecule has 8 amide bonds. The summed E-state index contributed by atoms with van der Waals surface area (Å²) < 4.78 is 0. The second-order valence-corrected chi connectivity index (χ2v) is 15.7. The lowest BCUT2D eigenvalue weighted by atomic mass is 10.0. The molecule has 2 heterocycles. The summed E-state index contributed by atoms with van der Waals surface area (Å²) in [5.74, 6) is -10.4. The summed E-state index contributed by atoms with van der Waals surface area (Å²) in [6, 6.07) is -7.77. The Balaban J connectivity index is 2.18. The van der Waals surface area contributed by atoms with Crippen LogP contribution in [0.3, 0.4) is 0 Å². The van der Waals surface area contributed by atoms with Crippen molar-refractivity contribution < 1.29 is 58.2 Å². The summed E-state index contributed by atoms with van der Waals surface area (Å²) in [6.45, 7) is 1.37. The Kier molecular flexibility index (Phi) is 23.5. The van der Waals surface area contributed by atoms with Gasteiger partial charge in [-0.3, -0.25) is 57.9 Å². The van der Waals surface area contributed by atoms with Gasteiger partial charge in [0.1, 0.15) is 36.8 Å². The molecule has 29 nitrogen and oxygen atoms in total. The number of hydrogen-bond acceptors (Lipinski definition) is 14. The standard InChI is InChI=1S/C38H63N17O12/c1-19(2)30(35(66)49-15-26(56)47-17-29(60)61)54-33(64)23(13-28(58)59)51-27(57)16-48-34(65)25-8-5-11-55(25)36(67)24(12-20-14-44-18-50-20)53-32(63)22(7-4-10-46-38(42)43)52-31(62)21(39)6-3-9-45-37(40)41/h14,18-19,21-25,30H,3-13,15-17,39H2,1-2H3,(H,44,50)(H,47,56)(H,48,65)(H,49,66)(H,51,57)(H,52,62)(H,53,63)(H,54,64)(H,58,59)(H,60,61)(H4,40,41,45)(H4,42,43,46). The smallest absolute Gasteiger partial charge is 0.322 e. The summed E-state index contributed by atoms with van der Waals surface area (Å²) in [6.07, 6.45) is 3.03. The number of carboxylic acid groups (broad SMARTS) is 2. The van der Waals surface area contributed by atoms with Gasteiger partial charge in [-0.25, -0.2) is 4.98 Å². The fraction of sp³-hybridized carbons (Fsp3) is 0.605. The molecule has 2 rings (SSSR count). The number of H-pyrrole nitrogens is 1. The van der Waals surface area contributed by atoms with E-state index in [1.165, 1.54) is 31.3 Å². The number of aliphatic imine (C=N–C) groups is 2. The number of aliphatic carboxylic acids is 2.